The molecule has 0 aliphatic heterocycles. The van der Waals surface area contributed by atoms with Crippen LogP contribution in [0.3, 0.4) is 0 Å². The van der Waals surface area contributed by atoms with Crippen LogP contribution in [0.25, 0.3) is 0 Å². The fraction of sp³-hybridized carbons (Fsp3) is 0.385. The third kappa shape index (κ3) is 7.25. The number of rotatable bonds is 12. The molecule has 0 heterocycles. The third-order valence-electron chi connectivity index (χ3n) is 5.44. The Morgan fingerprint density at radius 1 is 0.655 bits per heavy atom. The van der Waals surface area contributed by atoms with E-state index in [-0.39, 0.29) is 0 Å². The van der Waals surface area contributed by atoms with Gasteiger partial charge < -0.3 is 4.12 Å². The van der Waals surface area contributed by atoms with Gasteiger partial charge in [-0.05, 0) is 36.3 Å². The summed E-state index contributed by atoms with van der Waals surface area (Å²) in [6.45, 7) is 9.22. The van der Waals surface area contributed by atoms with Gasteiger partial charge in [-0.25, -0.2) is 0 Å². The van der Waals surface area contributed by atoms with Gasteiger partial charge in [0.1, 0.15) is 0 Å². The SMILES string of the molecule is CCCCC=C[Si](C)(O[Si](C)(C=CCCCC)c1ccccc1)c1ccccc1. The first kappa shape index (κ1) is 23.6. The summed E-state index contributed by atoms with van der Waals surface area (Å²) in [6.07, 6.45) is 11.9. The quantitative estimate of drug-likeness (QED) is 0.279. The molecule has 0 aliphatic carbocycles. The van der Waals surface area contributed by atoms with Crippen LogP contribution in [0.5, 0.6) is 0 Å². The van der Waals surface area contributed by atoms with Crippen LogP contribution >= 0.6 is 0 Å². The van der Waals surface area contributed by atoms with Crippen molar-refractivity contribution in [3.63, 3.8) is 0 Å². The molecule has 0 radical (unpaired) electrons. The van der Waals surface area contributed by atoms with Gasteiger partial charge in [0.2, 0.25) is 16.6 Å². The van der Waals surface area contributed by atoms with Crippen molar-refractivity contribution in [3.05, 3.63) is 84.2 Å². The van der Waals surface area contributed by atoms with E-state index < -0.39 is 16.6 Å². The lowest BCUT2D eigenvalue weighted by molar-refractivity contribution is 0.584. The molecule has 0 aliphatic rings. The molecule has 2 atom stereocenters. The lowest BCUT2D eigenvalue weighted by Gasteiger charge is -2.36. The first-order valence-corrected chi connectivity index (χ1v) is 16.2. The molecule has 1 nitrogen and oxygen atoms in total. The number of allylic oxidation sites excluding steroid dienone is 2. The van der Waals surface area contributed by atoms with Gasteiger partial charge in [-0.1, -0.05) is 124 Å². The summed E-state index contributed by atoms with van der Waals surface area (Å²) in [5.74, 6) is 0. The van der Waals surface area contributed by atoms with Crippen LogP contribution in [0, 0.1) is 0 Å². The zero-order valence-electron chi connectivity index (χ0n) is 18.7. The molecule has 0 saturated carbocycles. The summed E-state index contributed by atoms with van der Waals surface area (Å²) in [5.41, 5.74) is 4.85. The molecule has 2 unspecified atom stereocenters. The van der Waals surface area contributed by atoms with Gasteiger partial charge in [0.05, 0.1) is 0 Å². The van der Waals surface area contributed by atoms with Crippen LogP contribution in [0.1, 0.15) is 52.4 Å². The van der Waals surface area contributed by atoms with Gasteiger partial charge in [-0.2, -0.15) is 0 Å². The van der Waals surface area contributed by atoms with Crippen LogP contribution < -0.4 is 10.4 Å². The molecule has 3 heteroatoms. The molecule has 29 heavy (non-hydrogen) atoms. The topological polar surface area (TPSA) is 9.23 Å². The Balaban J connectivity index is 2.41. The molecule has 0 bridgehead atoms. The molecule has 0 saturated heterocycles. The predicted molar refractivity (Wildman–Crippen MR) is 134 cm³/mol. The van der Waals surface area contributed by atoms with Crippen LogP contribution in [0.15, 0.2) is 84.2 Å². The molecule has 0 amide bonds. The standard InChI is InChI=1S/C26H38OSi2/c1-5-7-9-17-23-28(3,25-19-13-11-14-20-25)27-29(4,24-18-10-8-6-2)26-21-15-12-16-22-26/h11-24H,5-10H2,1-4H3. The van der Waals surface area contributed by atoms with Crippen molar-refractivity contribution in [3.8, 4) is 0 Å². The lowest BCUT2D eigenvalue weighted by Crippen LogP contribution is -2.59. The summed E-state index contributed by atoms with van der Waals surface area (Å²) in [7, 11) is -4.46. The summed E-state index contributed by atoms with van der Waals surface area (Å²) in [5, 5.41) is 2.70. The summed E-state index contributed by atoms with van der Waals surface area (Å²) < 4.78 is 7.26. The highest BCUT2D eigenvalue weighted by Crippen LogP contribution is 2.19. The molecule has 2 aromatic rings. The van der Waals surface area contributed by atoms with Gasteiger partial charge in [0.15, 0.2) is 0 Å². The molecule has 0 fully saturated rings. The van der Waals surface area contributed by atoms with E-state index in [1.165, 1.54) is 36.1 Å². The number of hydrogen-bond donors (Lipinski definition) is 0. The Kier molecular flexibility index (Phi) is 9.85. The van der Waals surface area contributed by atoms with Crippen LogP contribution in [0.2, 0.25) is 13.1 Å². The lowest BCUT2D eigenvalue weighted by atomic mass is 10.2. The number of hydrogen-bond acceptors (Lipinski definition) is 1. The minimum absolute atomic E-state index is 1.13. The maximum Gasteiger partial charge on any atom is 0.234 e. The number of unbranched alkanes of at least 4 members (excludes halogenated alkanes) is 4. The normalized spacial score (nSPS) is 16.1. The Morgan fingerprint density at radius 2 is 1.03 bits per heavy atom. The maximum absolute atomic E-state index is 7.26. The highest BCUT2D eigenvalue weighted by molar-refractivity contribution is 7.02. The molecule has 0 aromatic heterocycles. The van der Waals surface area contributed by atoms with Crippen molar-refractivity contribution in [2.75, 3.05) is 0 Å². The van der Waals surface area contributed by atoms with Crippen LogP contribution in [-0.2, 0) is 4.12 Å². The van der Waals surface area contributed by atoms with E-state index in [2.05, 4.69) is 111 Å². The van der Waals surface area contributed by atoms with Crippen molar-refractivity contribution in [2.45, 2.75) is 65.5 Å². The van der Waals surface area contributed by atoms with Crippen molar-refractivity contribution >= 4 is 27.0 Å². The zero-order valence-corrected chi connectivity index (χ0v) is 20.7. The monoisotopic (exact) mass is 422 g/mol. The Hall–Kier alpha value is -1.69. The highest BCUT2D eigenvalue weighted by Gasteiger charge is 2.39. The first-order valence-electron chi connectivity index (χ1n) is 11.2. The van der Waals surface area contributed by atoms with Crippen molar-refractivity contribution in [2.24, 2.45) is 0 Å². The van der Waals surface area contributed by atoms with Crippen molar-refractivity contribution in [1.82, 2.24) is 0 Å². The average Bonchev–Trinajstić information content (AvgIpc) is 2.76. The van der Waals surface area contributed by atoms with Crippen molar-refractivity contribution in [1.29, 1.82) is 0 Å². The highest BCUT2D eigenvalue weighted by atomic mass is 28.4. The van der Waals surface area contributed by atoms with E-state index in [0.29, 0.717) is 0 Å². The van der Waals surface area contributed by atoms with E-state index >= 15 is 0 Å². The molecule has 0 N–H and O–H groups in total. The fourth-order valence-electron chi connectivity index (χ4n) is 3.62. The maximum atomic E-state index is 7.26. The minimum Gasteiger partial charge on any atom is -0.443 e. The summed E-state index contributed by atoms with van der Waals surface area (Å²) in [6, 6.07) is 21.7. The molecule has 156 valence electrons. The van der Waals surface area contributed by atoms with E-state index in [0.717, 1.165) is 12.8 Å². The molecule has 2 aromatic carbocycles. The van der Waals surface area contributed by atoms with E-state index in [9.17, 15) is 0 Å². The first-order chi connectivity index (χ1) is 14.0. The molecule has 0 spiro atoms. The van der Waals surface area contributed by atoms with E-state index in [1.807, 2.05) is 0 Å². The summed E-state index contributed by atoms with van der Waals surface area (Å²) in [4.78, 5) is 0. The smallest absolute Gasteiger partial charge is 0.234 e. The van der Waals surface area contributed by atoms with Gasteiger partial charge in [-0.15, -0.1) is 0 Å². The van der Waals surface area contributed by atoms with Crippen LogP contribution in [0.4, 0.5) is 0 Å². The van der Waals surface area contributed by atoms with Gasteiger partial charge in [0, 0.05) is 0 Å². The van der Waals surface area contributed by atoms with Gasteiger partial charge >= 0.3 is 0 Å². The van der Waals surface area contributed by atoms with Crippen LogP contribution in [-0.4, -0.2) is 16.6 Å². The number of benzene rings is 2. The summed E-state index contributed by atoms with van der Waals surface area (Å²) >= 11 is 0. The van der Waals surface area contributed by atoms with E-state index in [4.69, 9.17) is 4.12 Å². The average molecular weight is 423 g/mol. The van der Waals surface area contributed by atoms with Gasteiger partial charge in [0.25, 0.3) is 0 Å². The third-order valence-corrected chi connectivity index (χ3v) is 13.5. The minimum atomic E-state index is -2.23. The molecular formula is C26H38OSi2. The second-order valence-electron chi connectivity index (χ2n) is 8.14. The Bertz CT molecular complexity index is 691. The van der Waals surface area contributed by atoms with Crippen molar-refractivity contribution < 1.29 is 4.12 Å². The largest absolute Gasteiger partial charge is 0.443 e. The second-order valence-corrected chi connectivity index (χ2v) is 15.2. The fourth-order valence-corrected chi connectivity index (χ4v) is 12.0. The Morgan fingerprint density at radius 3 is 1.38 bits per heavy atom. The second kappa shape index (κ2) is 12.1. The Labute approximate surface area is 180 Å². The predicted octanol–water partition coefficient (Wildman–Crippen LogP) is 6.54. The molecular weight excluding hydrogens is 384 g/mol. The van der Waals surface area contributed by atoms with E-state index in [1.54, 1.807) is 0 Å². The zero-order chi connectivity index (χ0) is 21.0. The molecule has 2 rings (SSSR count). The van der Waals surface area contributed by atoms with Gasteiger partial charge in [-0.3, -0.25) is 0 Å².